The standard InChI is InChI=1S/C29H38N2O6/c1-6-9-16-37-23-13-11-21(17-19(23)4)27(33)25-26(20-10-12-22(32)24(18-20)36-5)31(29(35)28(25)34)15-14-30(7-2)8-3/h10-13,17-18,26,32-33H,6-9,14-16H2,1-5H3/b27-25-. The van der Waals surface area contributed by atoms with Crippen molar-refractivity contribution >= 4 is 17.4 Å². The number of benzene rings is 2. The molecule has 8 heteroatoms. The van der Waals surface area contributed by atoms with Gasteiger partial charge >= 0.3 is 0 Å². The first kappa shape index (κ1) is 28.1. The Morgan fingerprint density at radius 1 is 1.05 bits per heavy atom. The summed E-state index contributed by atoms with van der Waals surface area (Å²) in [5, 5.41) is 21.5. The van der Waals surface area contributed by atoms with E-state index in [1.165, 1.54) is 18.1 Å². The molecule has 37 heavy (non-hydrogen) atoms. The van der Waals surface area contributed by atoms with Crippen LogP contribution in [0.5, 0.6) is 17.2 Å². The molecule has 200 valence electrons. The number of carbonyl (C=O) groups excluding carboxylic acids is 2. The van der Waals surface area contributed by atoms with Crippen LogP contribution in [-0.4, -0.2) is 71.6 Å². The number of nitrogens with zero attached hydrogens (tertiary/aromatic N) is 2. The Kier molecular flexibility index (Phi) is 9.58. The smallest absolute Gasteiger partial charge is 0.295 e. The predicted molar refractivity (Wildman–Crippen MR) is 143 cm³/mol. The van der Waals surface area contributed by atoms with Crippen LogP contribution in [0.2, 0.25) is 0 Å². The van der Waals surface area contributed by atoms with Crippen molar-refractivity contribution in [2.45, 2.75) is 46.6 Å². The fourth-order valence-electron chi connectivity index (χ4n) is 4.55. The number of amides is 1. The van der Waals surface area contributed by atoms with Crippen molar-refractivity contribution in [2.75, 3.05) is 39.9 Å². The summed E-state index contributed by atoms with van der Waals surface area (Å²) in [6.07, 6.45) is 1.96. The zero-order valence-electron chi connectivity index (χ0n) is 22.4. The van der Waals surface area contributed by atoms with E-state index in [1.54, 1.807) is 30.3 Å². The van der Waals surface area contributed by atoms with Crippen molar-refractivity contribution in [1.82, 2.24) is 9.80 Å². The number of aliphatic hydroxyl groups is 1. The van der Waals surface area contributed by atoms with E-state index in [4.69, 9.17) is 9.47 Å². The summed E-state index contributed by atoms with van der Waals surface area (Å²) < 4.78 is 11.1. The van der Waals surface area contributed by atoms with Gasteiger partial charge in [0.15, 0.2) is 11.5 Å². The van der Waals surface area contributed by atoms with E-state index in [-0.39, 0.29) is 22.8 Å². The molecule has 2 aromatic rings. The highest BCUT2D eigenvalue weighted by Crippen LogP contribution is 2.42. The maximum atomic E-state index is 13.3. The lowest BCUT2D eigenvalue weighted by atomic mass is 9.94. The van der Waals surface area contributed by atoms with Crippen molar-refractivity contribution in [2.24, 2.45) is 0 Å². The highest BCUT2D eigenvalue weighted by Gasteiger charge is 2.46. The number of aromatic hydroxyl groups is 1. The fourth-order valence-corrected chi connectivity index (χ4v) is 4.55. The van der Waals surface area contributed by atoms with Crippen LogP contribution in [-0.2, 0) is 9.59 Å². The number of hydrogen-bond donors (Lipinski definition) is 2. The van der Waals surface area contributed by atoms with Crippen LogP contribution in [0.15, 0.2) is 42.0 Å². The Morgan fingerprint density at radius 3 is 2.41 bits per heavy atom. The lowest BCUT2D eigenvalue weighted by Crippen LogP contribution is -2.38. The quantitative estimate of drug-likeness (QED) is 0.186. The maximum Gasteiger partial charge on any atom is 0.295 e. The van der Waals surface area contributed by atoms with E-state index in [0.29, 0.717) is 36.6 Å². The number of hydrogen-bond acceptors (Lipinski definition) is 7. The summed E-state index contributed by atoms with van der Waals surface area (Å²) in [7, 11) is 1.43. The Labute approximate surface area is 219 Å². The molecule has 1 unspecified atom stereocenters. The van der Waals surface area contributed by atoms with Crippen LogP contribution in [0, 0.1) is 6.92 Å². The summed E-state index contributed by atoms with van der Waals surface area (Å²) in [5.74, 6) is -0.776. The number of Topliss-reactive ketones (excluding diaryl/α,β-unsaturated/α-hetero) is 1. The van der Waals surface area contributed by atoms with Gasteiger partial charge in [0.25, 0.3) is 11.7 Å². The molecule has 1 amide bonds. The number of likely N-dealkylation sites (N-methyl/N-ethyl adjacent to an activating group) is 1. The molecule has 0 spiro atoms. The SMILES string of the molecule is CCCCOc1ccc(/C(O)=C2/C(=O)C(=O)N(CCN(CC)CC)C2c2ccc(O)c(OC)c2)cc1C. The molecule has 0 aliphatic carbocycles. The van der Waals surface area contributed by atoms with Crippen molar-refractivity contribution < 1.29 is 29.3 Å². The summed E-state index contributed by atoms with van der Waals surface area (Å²) in [5.41, 5.74) is 1.82. The Hall–Kier alpha value is -3.52. The lowest BCUT2D eigenvalue weighted by molar-refractivity contribution is -0.140. The molecule has 1 aliphatic rings. The van der Waals surface area contributed by atoms with Crippen molar-refractivity contribution in [1.29, 1.82) is 0 Å². The first-order chi connectivity index (χ1) is 17.8. The van der Waals surface area contributed by atoms with Crippen molar-refractivity contribution in [3.05, 3.63) is 58.7 Å². The third-order valence-corrected chi connectivity index (χ3v) is 6.81. The number of unbranched alkanes of at least 4 members (excludes halogenated alkanes) is 1. The van der Waals surface area contributed by atoms with Gasteiger partial charge in [0.1, 0.15) is 11.5 Å². The molecule has 0 bridgehead atoms. The second-order valence-corrected chi connectivity index (χ2v) is 9.13. The number of ketones is 1. The number of methoxy groups -OCH3 is 1. The number of ether oxygens (including phenoxy) is 2. The van der Waals surface area contributed by atoms with Gasteiger partial charge < -0.3 is 29.5 Å². The van der Waals surface area contributed by atoms with Gasteiger partial charge in [-0.25, -0.2) is 0 Å². The third kappa shape index (κ3) is 6.07. The van der Waals surface area contributed by atoms with Crippen molar-refractivity contribution in [3.63, 3.8) is 0 Å². The molecule has 0 saturated carbocycles. The number of phenolic OH excluding ortho intramolecular Hbond substituents is 1. The molecule has 1 heterocycles. The predicted octanol–water partition coefficient (Wildman–Crippen LogP) is 4.65. The third-order valence-electron chi connectivity index (χ3n) is 6.81. The van der Waals surface area contributed by atoms with Crippen LogP contribution >= 0.6 is 0 Å². The largest absolute Gasteiger partial charge is 0.507 e. The van der Waals surface area contributed by atoms with E-state index in [0.717, 1.165) is 31.5 Å². The number of likely N-dealkylation sites (tertiary alicyclic amines) is 1. The summed E-state index contributed by atoms with van der Waals surface area (Å²) in [6.45, 7) is 11.2. The second kappa shape index (κ2) is 12.6. The molecular weight excluding hydrogens is 472 g/mol. The van der Waals surface area contributed by atoms with Gasteiger partial charge in [0.05, 0.1) is 25.3 Å². The minimum Gasteiger partial charge on any atom is -0.507 e. The van der Waals surface area contributed by atoms with E-state index < -0.39 is 17.7 Å². The average Bonchev–Trinajstić information content (AvgIpc) is 3.15. The number of carbonyl (C=O) groups is 2. The molecule has 0 aromatic heterocycles. The Bertz CT molecular complexity index is 1160. The van der Waals surface area contributed by atoms with Gasteiger partial charge in [0, 0.05) is 18.7 Å². The van der Waals surface area contributed by atoms with Gasteiger partial charge in [-0.3, -0.25) is 9.59 Å². The highest BCUT2D eigenvalue weighted by molar-refractivity contribution is 6.46. The van der Waals surface area contributed by atoms with Crippen LogP contribution < -0.4 is 9.47 Å². The van der Waals surface area contributed by atoms with Gasteiger partial charge in [-0.2, -0.15) is 0 Å². The monoisotopic (exact) mass is 510 g/mol. The summed E-state index contributed by atoms with van der Waals surface area (Å²) in [6, 6.07) is 9.10. The van der Waals surface area contributed by atoms with Crippen LogP contribution in [0.3, 0.4) is 0 Å². The van der Waals surface area contributed by atoms with E-state index in [2.05, 4.69) is 11.8 Å². The Morgan fingerprint density at radius 2 is 1.78 bits per heavy atom. The number of rotatable bonds is 12. The lowest BCUT2D eigenvalue weighted by Gasteiger charge is -2.28. The molecule has 1 fully saturated rings. The molecule has 8 nitrogen and oxygen atoms in total. The summed E-state index contributed by atoms with van der Waals surface area (Å²) in [4.78, 5) is 30.2. The first-order valence-electron chi connectivity index (χ1n) is 12.9. The fraction of sp³-hybridized carbons (Fsp3) is 0.448. The topological polar surface area (TPSA) is 99.5 Å². The minimum absolute atomic E-state index is 0.0105. The number of phenols is 1. The second-order valence-electron chi connectivity index (χ2n) is 9.13. The number of aryl methyl sites for hydroxylation is 1. The van der Waals surface area contributed by atoms with Gasteiger partial charge in [-0.05, 0) is 67.9 Å². The zero-order chi connectivity index (χ0) is 27.1. The van der Waals surface area contributed by atoms with E-state index >= 15 is 0 Å². The van der Waals surface area contributed by atoms with Crippen LogP contribution in [0.1, 0.15) is 56.3 Å². The van der Waals surface area contributed by atoms with Gasteiger partial charge in [-0.15, -0.1) is 0 Å². The molecule has 1 saturated heterocycles. The molecule has 2 aromatic carbocycles. The molecule has 3 rings (SSSR count). The molecular formula is C29H38N2O6. The van der Waals surface area contributed by atoms with E-state index in [9.17, 15) is 19.8 Å². The number of aliphatic hydroxyl groups excluding tert-OH is 1. The molecule has 1 aliphatic heterocycles. The molecule has 2 N–H and O–H groups in total. The Balaban J connectivity index is 2.08. The van der Waals surface area contributed by atoms with Crippen molar-refractivity contribution in [3.8, 4) is 17.2 Å². The van der Waals surface area contributed by atoms with Gasteiger partial charge in [0.2, 0.25) is 0 Å². The first-order valence-corrected chi connectivity index (χ1v) is 12.9. The maximum absolute atomic E-state index is 13.3. The van der Waals surface area contributed by atoms with Crippen LogP contribution in [0.4, 0.5) is 0 Å². The highest BCUT2D eigenvalue weighted by atomic mass is 16.5. The van der Waals surface area contributed by atoms with Crippen LogP contribution in [0.25, 0.3) is 5.76 Å². The normalized spacial score (nSPS) is 17.0. The molecule has 0 radical (unpaired) electrons. The molecule has 1 atom stereocenters. The minimum atomic E-state index is -0.828. The summed E-state index contributed by atoms with van der Waals surface area (Å²) >= 11 is 0. The van der Waals surface area contributed by atoms with Gasteiger partial charge in [-0.1, -0.05) is 33.3 Å². The average molecular weight is 511 g/mol. The zero-order valence-corrected chi connectivity index (χ0v) is 22.4. The van der Waals surface area contributed by atoms with E-state index in [1.807, 2.05) is 20.8 Å².